The lowest BCUT2D eigenvalue weighted by Crippen LogP contribution is -2.37. The summed E-state index contributed by atoms with van der Waals surface area (Å²) in [5.41, 5.74) is 4.73. The van der Waals surface area contributed by atoms with Crippen molar-refractivity contribution in [2.45, 2.75) is 51.4 Å². The van der Waals surface area contributed by atoms with E-state index in [-0.39, 0.29) is 16.2 Å². The van der Waals surface area contributed by atoms with Crippen LogP contribution in [0.4, 0.5) is 0 Å². The third-order valence-electron chi connectivity index (χ3n) is 8.38. The van der Waals surface area contributed by atoms with E-state index in [1.54, 1.807) is 0 Å². The molecule has 132 valence electrons. The van der Waals surface area contributed by atoms with E-state index >= 15 is 0 Å². The van der Waals surface area contributed by atoms with E-state index in [2.05, 4.69) is 58.2 Å². The van der Waals surface area contributed by atoms with Gasteiger partial charge < -0.3 is 9.47 Å². The molecular weight excluding hydrogens is 322 g/mol. The fraction of sp³-hybridized carbons (Fsp3) is 0.435. The minimum atomic E-state index is 0.197. The van der Waals surface area contributed by atoms with Gasteiger partial charge in [-0.15, -0.1) is 0 Å². The van der Waals surface area contributed by atoms with Crippen LogP contribution < -0.4 is 9.47 Å². The first kappa shape index (κ1) is 14.8. The van der Waals surface area contributed by atoms with Gasteiger partial charge in [-0.2, -0.15) is 0 Å². The van der Waals surface area contributed by atoms with Gasteiger partial charge in [-0.05, 0) is 52.3 Å². The van der Waals surface area contributed by atoms with Crippen LogP contribution in [-0.4, -0.2) is 11.8 Å². The van der Waals surface area contributed by atoms with Gasteiger partial charge in [0.25, 0.3) is 0 Å². The molecule has 2 heterocycles. The Morgan fingerprint density at radius 2 is 1.62 bits per heavy atom. The maximum absolute atomic E-state index is 5.62. The predicted molar refractivity (Wildman–Crippen MR) is 103 cm³/mol. The smallest absolute Gasteiger partial charge is 0.231 e. The highest BCUT2D eigenvalue weighted by Gasteiger charge is 2.66. The van der Waals surface area contributed by atoms with Gasteiger partial charge in [0.2, 0.25) is 6.79 Å². The largest absolute Gasteiger partial charge is 0.454 e. The maximum Gasteiger partial charge on any atom is 0.231 e. The first-order valence-electron chi connectivity index (χ1n) is 9.53. The van der Waals surface area contributed by atoms with Crippen LogP contribution in [0.2, 0.25) is 0 Å². The van der Waals surface area contributed by atoms with E-state index in [9.17, 15) is 0 Å². The Bertz CT molecular complexity index is 1130. The highest BCUT2D eigenvalue weighted by molar-refractivity contribution is 6.08. The standard InChI is InChI=1S/C23H23NO2/c1-21(2)22(3)7-8-23(21,4)19-14-6-5-13-9-17-18(26-12-25-17)10-15(13)20(14)24-11-16(19)22/h5-6,9-11H,7-8,12H2,1-4H3. The van der Waals surface area contributed by atoms with Gasteiger partial charge >= 0.3 is 0 Å². The molecule has 3 nitrogen and oxygen atoms in total. The van der Waals surface area contributed by atoms with Crippen molar-refractivity contribution < 1.29 is 9.47 Å². The van der Waals surface area contributed by atoms with Crippen molar-refractivity contribution in [1.82, 2.24) is 4.98 Å². The third-order valence-corrected chi connectivity index (χ3v) is 8.38. The van der Waals surface area contributed by atoms with Crippen LogP contribution in [-0.2, 0) is 10.8 Å². The van der Waals surface area contributed by atoms with Crippen LogP contribution in [0.15, 0.2) is 30.5 Å². The minimum absolute atomic E-state index is 0.197. The molecule has 26 heavy (non-hydrogen) atoms. The number of rotatable bonds is 0. The average Bonchev–Trinajstić information content (AvgIpc) is 3.19. The second-order valence-electron chi connectivity index (χ2n) is 9.22. The van der Waals surface area contributed by atoms with Gasteiger partial charge in [-0.25, -0.2) is 0 Å². The Hall–Kier alpha value is -2.29. The molecule has 1 fully saturated rings. The SMILES string of the molecule is CC12CCC(C)(c3c1cnc1c3ccc3cc4c(cc31)OCO4)C2(C)C. The van der Waals surface area contributed by atoms with Crippen LogP contribution in [0.5, 0.6) is 11.5 Å². The van der Waals surface area contributed by atoms with E-state index in [0.717, 1.165) is 27.8 Å². The molecule has 2 aromatic carbocycles. The van der Waals surface area contributed by atoms with E-state index in [0.29, 0.717) is 6.79 Å². The number of nitrogens with zero attached hydrogens (tertiary/aromatic N) is 1. The van der Waals surface area contributed by atoms with E-state index < -0.39 is 0 Å². The topological polar surface area (TPSA) is 31.4 Å². The normalized spacial score (nSPS) is 30.3. The van der Waals surface area contributed by atoms with Crippen LogP contribution in [0, 0.1) is 5.41 Å². The summed E-state index contributed by atoms with van der Waals surface area (Å²) in [7, 11) is 0. The zero-order valence-electron chi connectivity index (χ0n) is 15.8. The maximum atomic E-state index is 5.62. The molecule has 0 saturated heterocycles. The molecule has 2 unspecified atom stereocenters. The first-order chi connectivity index (χ1) is 12.4. The lowest BCUT2D eigenvalue weighted by Gasteiger charge is -2.39. The van der Waals surface area contributed by atoms with Crippen LogP contribution >= 0.6 is 0 Å². The summed E-state index contributed by atoms with van der Waals surface area (Å²) in [4.78, 5) is 4.97. The molecule has 6 rings (SSSR count). The van der Waals surface area contributed by atoms with Crippen molar-refractivity contribution in [2.75, 3.05) is 6.79 Å². The summed E-state index contributed by atoms with van der Waals surface area (Å²) in [5.74, 6) is 1.66. The highest BCUT2D eigenvalue weighted by atomic mass is 16.7. The molecule has 0 amide bonds. The Morgan fingerprint density at radius 3 is 2.42 bits per heavy atom. The zero-order valence-corrected chi connectivity index (χ0v) is 15.8. The van der Waals surface area contributed by atoms with E-state index in [4.69, 9.17) is 14.5 Å². The third kappa shape index (κ3) is 1.36. The molecule has 2 aliphatic carbocycles. The summed E-state index contributed by atoms with van der Waals surface area (Å²) in [5, 5.41) is 3.63. The Balaban J connectivity index is 1.74. The Morgan fingerprint density at radius 1 is 0.885 bits per heavy atom. The van der Waals surface area contributed by atoms with Gasteiger partial charge in [-0.1, -0.05) is 39.8 Å². The summed E-state index contributed by atoms with van der Waals surface area (Å²) < 4.78 is 11.2. The second-order valence-corrected chi connectivity index (χ2v) is 9.22. The Labute approximate surface area is 153 Å². The molecule has 1 aromatic heterocycles. The number of fused-ring (bicyclic) bond motifs is 10. The average molecular weight is 345 g/mol. The fourth-order valence-electron chi connectivity index (χ4n) is 6.03. The van der Waals surface area contributed by atoms with Gasteiger partial charge in [0, 0.05) is 22.4 Å². The molecule has 2 atom stereocenters. The van der Waals surface area contributed by atoms with Crippen molar-refractivity contribution in [1.29, 1.82) is 0 Å². The lowest BCUT2D eigenvalue weighted by atomic mass is 9.64. The second kappa shape index (κ2) is 4.16. The van der Waals surface area contributed by atoms with Crippen molar-refractivity contribution in [3.63, 3.8) is 0 Å². The Kier molecular flexibility index (Phi) is 2.38. The summed E-state index contributed by atoms with van der Waals surface area (Å²) in [6.45, 7) is 10.1. The monoisotopic (exact) mass is 345 g/mol. The summed E-state index contributed by atoms with van der Waals surface area (Å²) in [6, 6.07) is 8.66. The molecule has 0 N–H and O–H groups in total. The van der Waals surface area contributed by atoms with Gasteiger partial charge in [0.05, 0.1) is 5.52 Å². The molecule has 3 aliphatic rings. The number of pyridine rings is 1. The highest BCUT2D eigenvalue weighted by Crippen LogP contribution is 2.71. The number of hydrogen-bond donors (Lipinski definition) is 0. The molecule has 3 aromatic rings. The molecular formula is C23H23NO2. The number of benzene rings is 2. The minimum Gasteiger partial charge on any atom is -0.454 e. The van der Waals surface area contributed by atoms with Crippen molar-refractivity contribution in [3.8, 4) is 11.5 Å². The van der Waals surface area contributed by atoms with Crippen LogP contribution in [0.1, 0.15) is 51.7 Å². The molecule has 3 heteroatoms. The molecule has 0 spiro atoms. The quantitative estimate of drug-likeness (QED) is 0.507. The lowest BCUT2D eigenvalue weighted by molar-refractivity contribution is 0.172. The van der Waals surface area contributed by atoms with E-state index in [1.807, 2.05) is 0 Å². The van der Waals surface area contributed by atoms with Crippen LogP contribution in [0.25, 0.3) is 21.7 Å². The number of hydrogen-bond acceptors (Lipinski definition) is 3. The molecule has 1 aliphatic heterocycles. The summed E-state index contributed by atoms with van der Waals surface area (Å²) >= 11 is 0. The van der Waals surface area contributed by atoms with Crippen molar-refractivity contribution in [2.24, 2.45) is 5.41 Å². The fourth-order valence-corrected chi connectivity index (χ4v) is 6.03. The summed E-state index contributed by atoms with van der Waals surface area (Å²) in [6.07, 6.45) is 4.67. The predicted octanol–water partition coefficient (Wildman–Crippen LogP) is 5.47. The van der Waals surface area contributed by atoms with Crippen molar-refractivity contribution in [3.05, 3.63) is 41.6 Å². The number of ether oxygens (including phenoxy) is 2. The molecule has 1 saturated carbocycles. The number of aromatic nitrogens is 1. The van der Waals surface area contributed by atoms with Gasteiger partial charge in [0.1, 0.15) is 0 Å². The van der Waals surface area contributed by atoms with E-state index in [1.165, 1.54) is 29.4 Å². The van der Waals surface area contributed by atoms with Crippen LogP contribution in [0.3, 0.4) is 0 Å². The first-order valence-corrected chi connectivity index (χ1v) is 9.53. The van der Waals surface area contributed by atoms with Gasteiger partial charge in [0.15, 0.2) is 11.5 Å². The zero-order chi connectivity index (χ0) is 17.9. The molecule has 2 bridgehead atoms. The van der Waals surface area contributed by atoms with Crippen molar-refractivity contribution >= 4 is 21.7 Å². The van der Waals surface area contributed by atoms with Gasteiger partial charge in [-0.3, -0.25) is 4.98 Å². The molecule has 0 radical (unpaired) electrons.